The van der Waals surface area contributed by atoms with Gasteiger partial charge in [-0.25, -0.2) is 0 Å². The van der Waals surface area contributed by atoms with E-state index in [0.29, 0.717) is 34.6 Å². The lowest BCUT2D eigenvalue weighted by Crippen LogP contribution is -2.41. The van der Waals surface area contributed by atoms with Crippen LogP contribution in [0.4, 0.5) is 0 Å². The first kappa shape index (κ1) is 22.7. The number of carbonyl (C=O) groups is 1. The van der Waals surface area contributed by atoms with Crippen molar-refractivity contribution in [1.29, 1.82) is 5.26 Å². The van der Waals surface area contributed by atoms with Crippen LogP contribution in [-0.4, -0.2) is 19.1 Å². The molecule has 2 atom stereocenters. The van der Waals surface area contributed by atoms with Gasteiger partial charge in [-0.1, -0.05) is 49.6 Å². The zero-order chi connectivity index (χ0) is 22.2. The van der Waals surface area contributed by atoms with Crippen molar-refractivity contribution >= 4 is 23.6 Å². The molecule has 1 aliphatic rings. The van der Waals surface area contributed by atoms with Crippen LogP contribution in [0.1, 0.15) is 43.7 Å². The minimum atomic E-state index is -0.330. The van der Waals surface area contributed by atoms with E-state index < -0.39 is 0 Å². The van der Waals surface area contributed by atoms with Gasteiger partial charge >= 0.3 is 0 Å². The highest BCUT2D eigenvalue weighted by molar-refractivity contribution is 6.30. The number of ether oxygens (including phenoxy) is 2. The molecule has 0 saturated heterocycles. The van der Waals surface area contributed by atoms with Gasteiger partial charge < -0.3 is 14.8 Å². The van der Waals surface area contributed by atoms with E-state index in [2.05, 4.69) is 12.2 Å². The molecule has 1 amide bonds. The first-order valence-electron chi connectivity index (χ1n) is 10.5. The fraction of sp³-hybridized carbons (Fsp3) is 0.360. The number of hydrogen-bond acceptors (Lipinski definition) is 4. The smallest absolute Gasteiger partial charge is 0.262 e. The Kier molecular flexibility index (Phi) is 7.97. The highest BCUT2D eigenvalue weighted by atomic mass is 35.5. The summed E-state index contributed by atoms with van der Waals surface area (Å²) in [6, 6.07) is 14.9. The predicted molar refractivity (Wildman–Crippen MR) is 122 cm³/mol. The van der Waals surface area contributed by atoms with E-state index in [1.807, 2.05) is 30.3 Å². The maximum absolute atomic E-state index is 12.6. The molecule has 6 heteroatoms. The lowest BCUT2D eigenvalue weighted by atomic mass is 9.86. The first-order chi connectivity index (χ1) is 15.0. The molecule has 0 heterocycles. The van der Waals surface area contributed by atoms with Crippen molar-refractivity contribution in [3.63, 3.8) is 0 Å². The molecule has 0 radical (unpaired) electrons. The van der Waals surface area contributed by atoms with Gasteiger partial charge in [-0.2, -0.15) is 5.26 Å². The summed E-state index contributed by atoms with van der Waals surface area (Å²) in [5.41, 5.74) is 1.75. The Bertz CT molecular complexity index is 979. The van der Waals surface area contributed by atoms with Crippen molar-refractivity contribution in [2.24, 2.45) is 5.92 Å². The second-order valence-electron chi connectivity index (χ2n) is 7.84. The molecule has 31 heavy (non-hydrogen) atoms. The van der Waals surface area contributed by atoms with Gasteiger partial charge in [-0.15, -0.1) is 0 Å². The summed E-state index contributed by atoms with van der Waals surface area (Å²) in [5, 5.41) is 13.2. The molecule has 0 spiro atoms. The molecule has 1 N–H and O–H groups in total. The van der Waals surface area contributed by atoms with Gasteiger partial charge in [0.2, 0.25) is 0 Å². The largest absolute Gasteiger partial charge is 0.493 e. The molecule has 5 nitrogen and oxygen atoms in total. The SMILES string of the molecule is COc1cc(/C=C(\C#N)C(=O)N[C@H]2CCCC[C@@H]2C)ccc1OCc1ccc(Cl)cc1. The number of amides is 1. The molecule has 0 aromatic heterocycles. The van der Waals surface area contributed by atoms with Gasteiger partial charge in [-0.3, -0.25) is 4.79 Å². The number of halogens is 1. The summed E-state index contributed by atoms with van der Waals surface area (Å²) in [6.45, 7) is 2.52. The summed E-state index contributed by atoms with van der Waals surface area (Å²) in [4.78, 5) is 12.6. The van der Waals surface area contributed by atoms with Crippen LogP contribution in [0, 0.1) is 17.2 Å². The predicted octanol–water partition coefficient (Wildman–Crippen LogP) is 5.53. The second kappa shape index (κ2) is 10.9. The number of carbonyl (C=O) groups excluding carboxylic acids is 1. The van der Waals surface area contributed by atoms with E-state index in [0.717, 1.165) is 24.8 Å². The van der Waals surface area contributed by atoms with Crippen molar-refractivity contribution in [3.8, 4) is 17.6 Å². The van der Waals surface area contributed by atoms with Gasteiger partial charge in [0, 0.05) is 11.1 Å². The Hall–Kier alpha value is -2.97. The summed E-state index contributed by atoms with van der Waals surface area (Å²) >= 11 is 5.91. The zero-order valence-corrected chi connectivity index (χ0v) is 18.6. The molecule has 1 aliphatic carbocycles. The van der Waals surface area contributed by atoms with Crippen molar-refractivity contribution in [1.82, 2.24) is 5.32 Å². The standard InChI is InChI=1S/C25H27ClN2O3/c1-17-5-3-4-6-22(17)28-25(29)20(15-27)13-19-9-12-23(24(14-19)30-2)31-16-18-7-10-21(26)11-8-18/h7-14,17,22H,3-6,16H2,1-2H3,(H,28,29)/b20-13+/t17-,22-/m0/s1. The molecule has 3 rings (SSSR count). The summed E-state index contributed by atoms with van der Waals surface area (Å²) in [5.74, 6) is 1.20. The Labute approximate surface area is 188 Å². The molecule has 1 fully saturated rings. The molecular formula is C25H27ClN2O3. The normalized spacial score (nSPS) is 18.7. The van der Waals surface area contributed by atoms with Gasteiger partial charge in [0.05, 0.1) is 7.11 Å². The number of rotatable bonds is 7. The lowest BCUT2D eigenvalue weighted by Gasteiger charge is -2.29. The highest BCUT2D eigenvalue weighted by Gasteiger charge is 2.24. The topological polar surface area (TPSA) is 71.3 Å². The van der Waals surface area contributed by atoms with Gasteiger partial charge in [-0.05, 0) is 60.2 Å². The summed E-state index contributed by atoms with van der Waals surface area (Å²) < 4.78 is 11.3. The molecule has 2 aromatic rings. The van der Waals surface area contributed by atoms with Crippen LogP contribution < -0.4 is 14.8 Å². The maximum atomic E-state index is 12.6. The Morgan fingerprint density at radius 1 is 1.19 bits per heavy atom. The number of nitrogens with one attached hydrogen (secondary N) is 1. The van der Waals surface area contributed by atoms with E-state index in [1.165, 1.54) is 6.42 Å². The van der Waals surface area contributed by atoms with Crippen LogP contribution in [-0.2, 0) is 11.4 Å². The van der Waals surface area contributed by atoms with E-state index in [9.17, 15) is 10.1 Å². The minimum Gasteiger partial charge on any atom is -0.493 e. The second-order valence-corrected chi connectivity index (χ2v) is 8.27. The number of nitriles is 1. The quantitative estimate of drug-likeness (QED) is 0.455. The number of nitrogens with zero attached hydrogens (tertiary/aromatic N) is 1. The van der Waals surface area contributed by atoms with Crippen LogP contribution in [0.15, 0.2) is 48.0 Å². The zero-order valence-electron chi connectivity index (χ0n) is 17.9. The van der Waals surface area contributed by atoms with Gasteiger partial charge in [0.25, 0.3) is 5.91 Å². The molecule has 1 saturated carbocycles. The van der Waals surface area contributed by atoms with Crippen LogP contribution in [0.25, 0.3) is 6.08 Å². The van der Waals surface area contributed by atoms with Gasteiger partial charge in [0.1, 0.15) is 18.2 Å². The van der Waals surface area contributed by atoms with E-state index in [-0.39, 0.29) is 17.5 Å². The third kappa shape index (κ3) is 6.26. The van der Waals surface area contributed by atoms with E-state index in [4.69, 9.17) is 21.1 Å². The summed E-state index contributed by atoms with van der Waals surface area (Å²) in [7, 11) is 1.56. The molecular weight excluding hydrogens is 412 g/mol. The minimum absolute atomic E-state index is 0.0784. The van der Waals surface area contributed by atoms with Crippen molar-refractivity contribution in [3.05, 3.63) is 64.2 Å². The molecule has 162 valence electrons. The third-order valence-electron chi connectivity index (χ3n) is 5.60. The average molecular weight is 439 g/mol. The molecule has 0 unspecified atom stereocenters. The van der Waals surface area contributed by atoms with E-state index in [1.54, 1.807) is 31.4 Å². The van der Waals surface area contributed by atoms with Crippen molar-refractivity contribution in [2.75, 3.05) is 7.11 Å². The van der Waals surface area contributed by atoms with Crippen LogP contribution in [0.2, 0.25) is 5.02 Å². The average Bonchev–Trinajstić information content (AvgIpc) is 2.78. The Morgan fingerprint density at radius 3 is 2.61 bits per heavy atom. The van der Waals surface area contributed by atoms with E-state index >= 15 is 0 Å². The molecule has 2 aromatic carbocycles. The summed E-state index contributed by atoms with van der Waals surface area (Å²) in [6.07, 6.45) is 5.94. The monoisotopic (exact) mass is 438 g/mol. The third-order valence-corrected chi connectivity index (χ3v) is 5.85. The Balaban J connectivity index is 1.70. The maximum Gasteiger partial charge on any atom is 0.262 e. The molecule has 0 aliphatic heterocycles. The van der Waals surface area contributed by atoms with Crippen molar-refractivity contribution in [2.45, 2.75) is 45.3 Å². The first-order valence-corrected chi connectivity index (χ1v) is 10.9. The lowest BCUT2D eigenvalue weighted by molar-refractivity contribution is -0.118. The Morgan fingerprint density at radius 2 is 1.94 bits per heavy atom. The fourth-order valence-corrected chi connectivity index (χ4v) is 3.85. The van der Waals surface area contributed by atoms with Crippen molar-refractivity contribution < 1.29 is 14.3 Å². The van der Waals surface area contributed by atoms with Crippen LogP contribution in [0.5, 0.6) is 11.5 Å². The fourth-order valence-electron chi connectivity index (χ4n) is 3.73. The highest BCUT2D eigenvalue weighted by Crippen LogP contribution is 2.30. The number of hydrogen-bond donors (Lipinski definition) is 1. The number of benzene rings is 2. The van der Waals surface area contributed by atoms with Crippen LogP contribution in [0.3, 0.4) is 0 Å². The number of methoxy groups -OCH3 is 1. The molecule has 0 bridgehead atoms. The van der Waals surface area contributed by atoms with Gasteiger partial charge in [0.15, 0.2) is 11.5 Å². The van der Waals surface area contributed by atoms with Crippen LogP contribution >= 0.6 is 11.6 Å².